The number of nitrogens with one attached hydrogen (secondary N) is 1. The number of rotatable bonds is 2. The Hall–Kier alpha value is -0.0800. The standard InChI is InChI=1S/C5H7BrClN3O2S/c1-13(11,12)10-5-4(7)8-2-3(6)9-5/h2,11-12H,1H3,(H,9,10). The lowest BCUT2D eigenvalue weighted by atomic mass is 10.7. The van der Waals surface area contributed by atoms with Gasteiger partial charge in [0.1, 0.15) is 4.60 Å². The summed E-state index contributed by atoms with van der Waals surface area (Å²) in [6.07, 6.45) is 2.64. The second-order valence-electron chi connectivity index (χ2n) is 2.27. The van der Waals surface area contributed by atoms with Gasteiger partial charge in [-0.25, -0.2) is 9.97 Å². The lowest BCUT2D eigenvalue weighted by Crippen LogP contribution is -2.08. The SMILES string of the molecule is CS(O)(O)Nc1nc(Br)cnc1Cl. The van der Waals surface area contributed by atoms with Gasteiger partial charge < -0.3 is 0 Å². The van der Waals surface area contributed by atoms with Gasteiger partial charge in [0.2, 0.25) is 0 Å². The minimum absolute atomic E-state index is 0.0880. The molecule has 0 spiro atoms. The molecule has 3 N–H and O–H groups in total. The summed E-state index contributed by atoms with van der Waals surface area (Å²) in [5.74, 6) is 0.138. The zero-order chi connectivity index (χ0) is 10.1. The quantitative estimate of drug-likeness (QED) is 0.779. The van der Waals surface area contributed by atoms with Crippen molar-refractivity contribution in [2.45, 2.75) is 0 Å². The Bertz CT molecular complexity index is 319. The van der Waals surface area contributed by atoms with E-state index >= 15 is 0 Å². The third-order valence-electron chi connectivity index (χ3n) is 0.988. The van der Waals surface area contributed by atoms with Gasteiger partial charge in [0.05, 0.1) is 6.20 Å². The molecular weight excluding hydrogens is 281 g/mol. The van der Waals surface area contributed by atoms with E-state index in [4.69, 9.17) is 20.7 Å². The van der Waals surface area contributed by atoms with E-state index in [9.17, 15) is 0 Å². The summed E-state index contributed by atoms with van der Waals surface area (Å²) in [5.41, 5.74) is 0. The van der Waals surface area contributed by atoms with E-state index in [0.717, 1.165) is 0 Å². The predicted molar refractivity (Wildman–Crippen MR) is 57.1 cm³/mol. The Balaban J connectivity index is 2.94. The number of aromatic nitrogens is 2. The van der Waals surface area contributed by atoms with Crippen LogP contribution in [-0.2, 0) is 0 Å². The first kappa shape index (κ1) is 11.0. The molecule has 1 aromatic rings. The molecule has 13 heavy (non-hydrogen) atoms. The first-order valence-electron chi connectivity index (χ1n) is 3.07. The van der Waals surface area contributed by atoms with E-state index in [0.29, 0.717) is 4.60 Å². The van der Waals surface area contributed by atoms with E-state index in [1.807, 2.05) is 0 Å². The van der Waals surface area contributed by atoms with E-state index in [1.165, 1.54) is 12.5 Å². The molecule has 0 aliphatic rings. The van der Waals surface area contributed by atoms with Crippen LogP contribution >= 0.6 is 38.3 Å². The zero-order valence-corrected chi connectivity index (χ0v) is 9.69. The smallest absolute Gasteiger partial charge is 0.183 e. The van der Waals surface area contributed by atoms with E-state index < -0.39 is 10.8 Å². The molecule has 0 aliphatic heterocycles. The Kier molecular flexibility index (Phi) is 3.36. The van der Waals surface area contributed by atoms with Crippen molar-refractivity contribution in [3.63, 3.8) is 0 Å². The number of anilines is 1. The highest BCUT2D eigenvalue weighted by Crippen LogP contribution is 2.35. The van der Waals surface area contributed by atoms with Crippen LogP contribution in [-0.4, -0.2) is 25.3 Å². The predicted octanol–water partition coefficient (Wildman–Crippen LogP) is 2.60. The molecule has 0 saturated heterocycles. The van der Waals surface area contributed by atoms with Crippen molar-refractivity contribution in [2.24, 2.45) is 0 Å². The maximum atomic E-state index is 9.07. The summed E-state index contributed by atoms with van der Waals surface area (Å²) in [7, 11) is -2.87. The molecule has 0 atom stereocenters. The van der Waals surface area contributed by atoms with Crippen LogP contribution in [0.15, 0.2) is 10.8 Å². The molecule has 0 unspecified atom stereocenters. The second kappa shape index (κ2) is 3.97. The second-order valence-corrected chi connectivity index (χ2v) is 5.31. The molecule has 0 radical (unpaired) electrons. The normalized spacial score (nSPS) is 12.7. The van der Waals surface area contributed by atoms with E-state index in [-0.39, 0.29) is 11.0 Å². The van der Waals surface area contributed by atoms with Crippen LogP contribution in [0.25, 0.3) is 0 Å². The van der Waals surface area contributed by atoms with Crippen LogP contribution < -0.4 is 4.72 Å². The Morgan fingerprint density at radius 2 is 2.23 bits per heavy atom. The molecule has 0 amide bonds. The molecule has 8 heteroatoms. The molecule has 74 valence electrons. The Morgan fingerprint density at radius 3 is 2.77 bits per heavy atom. The van der Waals surface area contributed by atoms with Gasteiger partial charge in [0.25, 0.3) is 0 Å². The van der Waals surface area contributed by atoms with Gasteiger partial charge in [-0.2, -0.15) is 0 Å². The van der Waals surface area contributed by atoms with Gasteiger partial charge in [-0.1, -0.05) is 11.6 Å². The van der Waals surface area contributed by atoms with Crippen molar-refractivity contribution in [3.8, 4) is 0 Å². The minimum Gasteiger partial charge on any atom is -0.282 e. The Labute approximate surface area is 90.2 Å². The van der Waals surface area contributed by atoms with Gasteiger partial charge in [-0.3, -0.25) is 13.8 Å². The summed E-state index contributed by atoms with van der Waals surface area (Å²) in [4.78, 5) is 7.62. The van der Waals surface area contributed by atoms with Crippen LogP contribution in [0.4, 0.5) is 5.82 Å². The van der Waals surface area contributed by atoms with Gasteiger partial charge in [0.15, 0.2) is 11.0 Å². The highest BCUT2D eigenvalue weighted by Gasteiger charge is 2.09. The van der Waals surface area contributed by atoms with E-state index in [2.05, 4.69) is 30.6 Å². The third kappa shape index (κ3) is 3.65. The lowest BCUT2D eigenvalue weighted by molar-refractivity contribution is 0.502. The fourth-order valence-corrected chi connectivity index (χ4v) is 1.58. The van der Waals surface area contributed by atoms with Crippen LogP contribution in [0.5, 0.6) is 0 Å². The van der Waals surface area contributed by atoms with Crippen LogP contribution in [0.1, 0.15) is 0 Å². The van der Waals surface area contributed by atoms with Gasteiger partial charge >= 0.3 is 0 Å². The van der Waals surface area contributed by atoms with Crippen molar-refractivity contribution >= 4 is 44.1 Å². The van der Waals surface area contributed by atoms with Crippen molar-refractivity contribution < 1.29 is 9.11 Å². The lowest BCUT2D eigenvalue weighted by Gasteiger charge is -2.27. The molecule has 0 fully saturated rings. The number of hydrogen-bond donors (Lipinski definition) is 3. The molecule has 0 aromatic carbocycles. The molecule has 0 saturated carbocycles. The van der Waals surface area contributed by atoms with Crippen molar-refractivity contribution in [1.29, 1.82) is 0 Å². The molecule has 5 nitrogen and oxygen atoms in total. The van der Waals surface area contributed by atoms with Crippen LogP contribution in [0.2, 0.25) is 5.15 Å². The average molecular weight is 289 g/mol. The third-order valence-corrected chi connectivity index (χ3v) is 2.23. The summed E-state index contributed by atoms with van der Waals surface area (Å²) < 4.78 is 21.0. The maximum Gasteiger partial charge on any atom is 0.183 e. The summed E-state index contributed by atoms with van der Waals surface area (Å²) >= 11 is 8.71. The van der Waals surface area contributed by atoms with Gasteiger partial charge in [-0.15, -0.1) is 10.8 Å². The monoisotopic (exact) mass is 287 g/mol. The van der Waals surface area contributed by atoms with Crippen molar-refractivity contribution in [2.75, 3.05) is 11.0 Å². The summed E-state index contributed by atoms with van der Waals surface area (Å²) in [6.45, 7) is 0. The first-order valence-corrected chi connectivity index (χ1v) is 6.20. The Morgan fingerprint density at radius 1 is 1.62 bits per heavy atom. The molecule has 1 rings (SSSR count). The van der Waals surface area contributed by atoms with Gasteiger partial charge in [-0.05, 0) is 15.9 Å². The number of nitrogens with zero attached hydrogens (tertiary/aromatic N) is 2. The maximum absolute atomic E-state index is 9.07. The summed E-state index contributed by atoms with van der Waals surface area (Å²) in [6, 6.07) is 0. The number of hydrogen-bond acceptors (Lipinski definition) is 5. The fraction of sp³-hybridized carbons (Fsp3) is 0.200. The van der Waals surface area contributed by atoms with Crippen molar-refractivity contribution in [1.82, 2.24) is 9.97 Å². The van der Waals surface area contributed by atoms with E-state index in [1.54, 1.807) is 0 Å². The zero-order valence-electron chi connectivity index (χ0n) is 6.53. The first-order chi connectivity index (χ1) is 5.88. The average Bonchev–Trinajstić information content (AvgIpc) is 1.94. The van der Waals surface area contributed by atoms with Crippen LogP contribution in [0, 0.1) is 0 Å². The highest BCUT2D eigenvalue weighted by molar-refractivity contribution is 9.10. The molecular formula is C5H7BrClN3O2S. The molecule has 0 bridgehead atoms. The molecule has 1 heterocycles. The highest BCUT2D eigenvalue weighted by atomic mass is 79.9. The molecule has 0 aliphatic carbocycles. The summed E-state index contributed by atoms with van der Waals surface area (Å²) in [5, 5.41) is 0.0880. The van der Waals surface area contributed by atoms with Crippen LogP contribution in [0.3, 0.4) is 0 Å². The molecule has 1 aromatic heterocycles. The number of halogens is 2. The fourth-order valence-electron chi connectivity index (χ4n) is 0.601. The van der Waals surface area contributed by atoms with Gasteiger partial charge in [0, 0.05) is 6.26 Å². The minimum atomic E-state index is -2.87. The topological polar surface area (TPSA) is 78.3 Å². The van der Waals surface area contributed by atoms with Crippen molar-refractivity contribution in [3.05, 3.63) is 16.0 Å². The largest absolute Gasteiger partial charge is 0.282 e.